The molecule has 0 amide bonds. The maximum absolute atomic E-state index is 13.4. The number of anilines is 1. The molecule has 0 spiro atoms. The molecule has 0 saturated carbocycles. The molecule has 4 atom stereocenters. The Morgan fingerprint density at radius 3 is 2.33 bits per heavy atom. The molecule has 45 heavy (non-hydrogen) atoms. The summed E-state index contributed by atoms with van der Waals surface area (Å²) in [4.78, 5) is 14.8. The zero-order valence-electron chi connectivity index (χ0n) is 26.0. The summed E-state index contributed by atoms with van der Waals surface area (Å²) in [5.41, 5.74) is 3.80. The zero-order chi connectivity index (χ0) is 31.2. The smallest absolute Gasteiger partial charge is 0.263 e. The number of hydrogen-bond donors (Lipinski definition) is 0. The molecule has 2 aliphatic rings. The van der Waals surface area contributed by atoms with Crippen molar-refractivity contribution in [2.24, 2.45) is 0 Å². The van der Waals surface area contributed by atoms with Gasteiger partial charge in [-0.15, -0.1) is 10.2 Å². The van der Waals surface area contributed by atoms with Gasteiger partial charge >= 0.3 is 0 Å². The number of ether oxygens (including phenoxy) is 2. The number of aromatic nitrogens is 6. The predicted octanol–water partition coefficient (Wildman–Crippen LogP) is 5.60. The van der Waals surface area contributed by atoms with E-state index in [0.29, 0.717) is 25.4 Å². The van der Waals surface area contributed by atoms with Crippen LogP contribution in [0.5, 0.6) is 5.75 Å². The number of rotatable bonds is 8. The molecule has 2 fully saturated rings. The van der Waals surface area contributed by atoms with Gasteiger partial charge in [0, 0.05) is 37.3 Å². The van der Waals surface area contributed by atoms with Crippen molar-refractivity contribution in [1.29, 1.82) is 0 Å². The third-order valence-corrected chi connectivity index (χ3v) is 9.29. The van der Waals surface area contributed by atoms with Crippen LogP contribution in [0.2, 0.25) is 0 Å². The number of halogens is 2. The molecule has 0 N–H and O–H groups in total. The van der Waals surface area contributed by atoms with E-state index in [2.05, 4.69) is 50.5 Å². The number of imidazole rings is 1. The quantitative estimate of drug-likeness (QED) is 0.223. The fraction of sp³-hybridized carbons (Fsp3) is 0.455. The minimum Gasteiger partial charge on any atom is -0.497 e. The second-order valence-corrected chi connectivity index (χ2v) is 12.2. The molecule has 1 unspecified atom stereocenters. The number of alkyl halides is 2. The number of benzene rings is 2. The summed E-state index contributed by atoms with van der Waals surface area (Å²) < 4.78 is 42.4. The fourth-order valence-electron chi connectivity index (χ4n) is 6.95. The van der Waals surface area contributed by atoms with Crippen molar-refractivity contribution < 1.29 is 18.3 Å². The van der Waals surface area contributed by atoms with E-state index in [1.807, 2.05) is 35.6 Å². The van der Waals surface area contributed by atoms with Crippen molar-refractivity contribution in [2.75, 3.05) is 31.7 Å². The van der Waals surface area contributed by atoms with E-state index >= 15 is 0 Å². The lowest BCUT2D eigenvalue weighted by Crippen LogP contribution is -2.57. The highest BCUT2D eigenvalue weighted by Crippen LogP contribution is 2.37. The Labute approximate surface area is 260 Å². The highest BCUT2D eigenvalue weighted by Gasteiger charge is 2.37. The zero-order valence-corrected chi connectivity index (χ0v) is 26.0. The highest BCUT2D eigenvalue weighted by atomic mass is 19.3. The normalized spacial score (nSPS) is 21.8. The number of aryl methyl sites for hydroxylation is 1. The fourth-order valence-corrected chi connectivity index (χ4v) is 6.95. The average Bonchev–Trinajstić information content (AvgIpc) is 3.80. The van der Waals surface area contributed by atoms with Gasteiger partial charge < -0.3 is 18.9 Å². The Balaban J connectivity index is 1.25. The first kappa shape index (κ1) is 29.5. The lowest BCUT2D eigenvalue weighted by molar-refractivity contribution is 0.0972. The molecule has 3 aromatic heterocycles. The van der Waals surface area contributed by atoms with Crippen LogP contribution in [0.4, 0.5) is 14.6 Å². The Kier molecular flexibility index (Phi) is 7.86. The van der Waals surface area contributed by atoms with Crippen molar-refractivity contribution in [3.8, 4) is 5.75 Å². The van der Waals surface area contributed by atoms with Crippen molar-refractivity contribution in [1.82, 2.24) is 34.0 Å². The summed E-state index contributed by atoms with van der Waals surface area (Å²) in [6.07, 6.45) is 1.43. The second-order valence-electron chi connectivity index (χ2n) is 12.2. The highest BCUT2D eigenvalue weighted by molar-refractivity contribution is 5.87. The monoisotopic (exact) mass is 616 g/mol. The predicted molar refractivity (Wildman–Crippen MR) is 167 cm³/mol. The molecule has 2 aromatic carbocycles. The molecule has 0 aliphatic carbocycles. The molecule has 12 heteroatoms. The third kappa shape index (κ3) is 5.39. The largest absolute Gasteiger partial charge is 0.497 e. The summed E-state index contributed by atoms with van der Waals surface area (Å²) in [5, 5.41) is 8.52. The first-order chi connectivity index (χ1) is 21.8. The second kappa shape index (κ2) is 12.0. The lowest BCUT2D eigenvalue weighted by atomic mass is 9.93. The van der Waals surface area contributed by atoms with Crippen LogP contribution < -0.4 is 9.64 Å². The number of methoxy groups -OCH3 is 1. The summed E-state index contributed by atoms with van der Waals surface area (Å²) >= 11 is 0. The van der Waals surface area contributed by atoms with Crippen LogP contribution in [0.25, 0.3) is 16.9 Å². The standard InChI is InChI=1S/C33H38F2N8O2/c1-20-17-41(31-28-32(43-19-36-39-33(43)38-31)42(22(3)37-28)18-27-6-5-15-45-27)21(2)16-40(20)29(24-11-13-26(44-4)14-12-24)23-7-9-25(10-8-23)30(34)35/h7-14,19-21,27,29-30H,5-6,15-18H2,1-4H3/t20-,21+,27?,29+/m1/s1. The van der Waals surface area contributed by atoms with Gasteiger partial charge in [0.15, 0.2) is 11.5 Å². The van der Waals surface area contributed by atoms with Crippen LogP contribution in [0, 0.1) is 6.92 Å². The van der Waals surface area contributed by atoms with Crippen LogP contribution in [0.1, 0.15) is 61.7 Å². The lowest BCUT2D eigenvalue weighted by Gasteiger charge is -2.48. The Hall–Kier alpha value is -4.16. The van der Waals surface area contributed by atoms with Gasteiger partial charge in [-0.1, -0.05) is 36.4 Å². The van der Waals surface area contributed by atoms with Gasteiger partial charge in [0.25, 0.3) is 12.2 Å². The number of hydrogen-bond acceptors (Lipinski definition) is 8. The third-order valence-electron chi connectivity index (χ3n) is 9.29. The van der Waals surface area contributed by atoms with Crippen LogP contribution in [0.15, 0.2) is 54.9 Å². The van der Waals surface area contributed by atoms with E-state index in [4.69, 9.17) is 19.4 Å². The van der Waals surface area contributed by atoms with Crippen molar-refractivity contribution in [3.63, 3.8) is 0 Å². The summed E-state index contributed by atoms with van der Waals surface area (Å²) in [7, 11) is 1.65. The number of fused-ring (bicyclic) bond motifs is 3. The molecular weight excluding hydrogens is 578 g/mol. The van der Waals surface area contributed by atoms with Gasteiger partial charge in [-0.05, 0) is 56.9 Å². The first-order valence-electron chi connectivity index (χ1n) is 15.5. The molecule has 7 rings (SSSR count). The van der Waals surface area contributed by atoms with Gasteiger partial charge in [0.05, 0.1) is 25.8 Å². The van der Waals surface area contributed by atoms with Crippen molar-refractivity contribution in [3.05, 3.63) is 77.4 Å². The van der Waals surface area contributed by atoms with E-state index < -0.39 is 6.43 Å². The summed E-state index contributed by atoms with van der Waals surface area (Å²) in [5.74, 6) is 2.99. The molecule has 5 heterocycles. The van der Waals surface area contributed by atoms with E-state index in [1.165, 1.54) is 12.1 Å². The van der Waals surface area contributed by atoms with Crippen LogP contribution in [0.3, 0.4) is 0 Å². The maximum Gasteiger partial charge on any atom is 0.263 e. The Morgan fingerprint density at radius 2 is 1.67 bits per heavy atom. The van der Waals surface area contributed by atoms with E-state index in [1.54, 1.807) is 13.4 Å². The van der Waals surface area contributed by atoms with Crippen LogP contribution >= 0.6 is 0 Å². The van der Waals surface area contributed by atoms with Gasteiger partial charge in [-0.2, -0.15) is 4.98 Å². The molecule has 10 nitrogen and oxygen atoms in total. The molecule has 5 aromatic rings. The number of piperazine rings is 1. The molecule has 0 bridgehead atoms. The molecular formula is C33H38F2N8O2. The summed E-state index contributed by atoms with van der Waals surface area (Å²) in [6.45, 7) is 9.33. The van der Waals surface area contributed by atoms with Crippen molar-refractivity contribution in [2.45, 2.75) is 70.8 Å². The average molecular weight is 617 g/mol. The van der Waals surface area contributed by atoms with Gasteiger partial charge in [0.2, 0.25) is 0 Å². The van der Waals surface area contributed by atoms with E-state index in [9.17, 15) is 8.78 Å². The van der Waals surface area contributed by atoms with Gasteiger partial charge in [-0.3, -0.25) is 4.90 Å². The number of nitrogens with zero attached hydrogens (tertiary/aromatic N) is 8. The van der Waals surface area contributed by atoms with Crippen LogP contribution in [-0.2, 0) is 11.3 Å². The molecule has 236 valence electrons. The van der Waals surface area contributed by atoms with Gasteiger partial charge in [-0.25, -0.2) is 18.2 Å². The maximum atomic E-state index is 13.4. The Morgan fingerprint density at radius 1 is 0.956 bits per heavy atom. The van der Waals surface area contributed by atoms with Gasteiger partial charge in [0.1, 0.15) is 23.4 Å². The van der Waals surface area contributed by atoms with Crippen molar-refractivity contribution >= 4 is 22.8 Å². The minimum absolute atomic E-state index is 0.0201. The molecule has 2 aliphatic heterocycles. The minimum atomic E-state index is -2.51. The Bertz CT molecular complexity index is 1780. The van der Waals surface area contributed by atoms with E-state index in [0.717, 1.165) is 59.1 Å². The first-order valence-corrected chi connectivity index (χ1v) is 15.5. The summed E-state index contributed by atoms with van der Waals surface area (Å²) in [6, 6.07) is 14.7. The SMILES string of the molecule is COc1ccc([C@H](c2ccc(C(F)F)cc2)N2C[C@H](C)N(c3nc4nncn4c4c3nc(C)n4CC3CCCO3)C[C@H]2C)cc1. The van der Waals surface area contributed by atoms with E-state index in [-0.39, 0.29) is 29.8 Å². The van der Waals surface area contributed by atoms with Crippen LogP contribution in [-0.4, -0.2) is 79.0 Å². The molecule has 2 saturated heterocycles. The molecule has 0 radical (unpaired) electrons. The topological polar surface area (TPSA) is 85.8 Å².